The highest BCUT2D eigenvalue weighted by Gasteiger charge is 2.48. The summed E-state index contributed by atoms with van der Waals surface area (Å²) in [6.07, 6.45) is 8.16. The molecule has 1 saturated carbocycles. The molecule has 120 valence electrons. The van der Waals surface area contributed by atoms with Crippen LogP contribution in [-0.2, 0) is 9.67 Å². The molecule has 0 bridgehead atoms. The molecule has 3 nitrogen and oxygen atoms in total. The van der Waals surface area contributed by atoms with Gasteiger partial charge in [0.05, 0.1) is 12.4 Å². The molecular weight excluding hydrogens is 292 g/mol. The summed E-state index contributed by atoms with van der Waals surface area (Å²) in [5.74, 6) is 1.63. The quantitative estimate of drug-likeness (QED) is 0.656. The molecule has 3 rings (SSSR count). The lowest BCUT2D eigenvalue weighted by molar-refractivity contribution is -0.0594. The summed E-state index contributed by atoms with van der Waals surface area (Å²) in [6, 6.07) is 10.8. The van der Waals surface area contributed by atoms with Crippen LogP contribution in [0.2, 0.25) is 0 Å². The Kier molecular flexibility index (Phi) is 5.09. The molecule has 0 spiro atoms. The smallest absolute Gasteiger partial charge is 0.142 e. The van der Waals surface area contributed by atoms with Crippen molar-refractivity contribution < 1.29 is 4.74 Å². The van der Waals surface area contributed by atoms with E-state index in [0.29, 0.717) is 5.92 Å². The normalized spacial score (nSPS) is 29.4. The number of likely N-dealkylation sites (N-methyl/N-ethyl adjacent to an activating group) is 1. The third-order valence-corrected chi connectivity index (χ3v) is 6.49. The molecule has 2 atom stereocenters. The van der Waals surface area contributed by atoms with E-state index in [1.54, 1.807) is 0 Å². The van der Waals surface area contributed by atoms with Crippen LogP contribution in [0.25, 0.3) is 0 Å². The molecule has 4 heteroatoms. The number of ether oxygens (including phenoxy) is 1. The fourth-order valence-corrected chi connectivity index (χ4v) is 5.34. The number of rotatable bonds is 5. The maximum absolute atomic E-state index is 7.37. The first-order valence-electron chi connectivity index (χ1n) is 8.33. The summed E-state index contributed by atoms with van der Waals surface area (Å²) in [7, 11) is 1.95. The first kappa shape index (κ1) is 15.9. The maximum atomic E-state index is 7.37. The van der Waals surface area contributed by atoms with E-state index in [0.717, 1.165) is 12.3 Å². The van der Waals surface area contributed by atoms with Crippen LogP contribution in [0.4, 0.5) is 0 Å². The van der Waals surface area contributed by atoms with E-state index in [1.807, 2.05) is 23.7 Å². The van der Waals surface area contributed by atoms with E-state index in [-0.39, 0.29) is 11.0 Å². The minimum absolute atomic E-state index is 0.171. The van der Waals surface area contributed by atoms with E-state index in [9.17, 15) is 0 Å². The predicted octanol–water partition coefficient (Wildman–Crippen LogP) is 4.09. The summed E-state index contributed by atoms with van der Waals surface area (Å²) in [5.41, 5.74) is 1.33. The third kappa shape index (κ3) is 3.18. The topological polar surface area (TPSA) is 36.3 Å². The summed E-state index contributed by atoms with van der Waals surface area (Å²) < 4.78 is 6.67. The molecule has 1 saturated heterocycles. The molecule has 2 aliphatic rings. The second kappa shape index (κ2) is 7.05. The number of thioether (sulfide) groups is 1. The number of nitrogens with zero attached hydrogens (tertiary/aromatic N) is 1. The summed E-state index contributed by atoms with van der Waals surface area (Å²) in [4.78, 5) is 1.74. The number of benzene rings is 1. The first-order valence-corrected chi connectivity index (χ1v) is 9.31. The van der Waals surface area contributed by atoms with Gasteiger partial charge in [-0.1, -0.05) is 49.6 Å². The molecule has 1 aliphatic carbocycles. The molecule has 0 radical (unpaired) electrons. The van der Waals surface area contributed by atoms with Crippen molar-refractivity contribution in [3.05, 3.63) is 35.9 Å². The van der Waals surface area contributed by atoms with Gasteiger partial charge in [0.25, 0.3) is 0 Å². The van der Waals surface area contributed by atoms with Crippen LogP contribution in [0.3, 0.4) is 0 Å². The zero-order chi connectivity index (χ0) is 15.4. The molecule has 2 fully saturated rings. The molecule has 22 heavy (non-hydrogen) atoms. The molecule has 1 aromatic carbocycles. The van der Waals surface area contributed by atoms with Gasteiger partial charge in [0.2, 0.25) is 0 Å². The Hall–Kier alpha value is -1.00. The SMILES string of the molecule is CN(C=N)C[C@@H]1CS[C@@](c2ccccc2)(C2CCCCC2)O1. The third-order valence-electron chi connectivity index (χ3n) is 4.86. The second-order valence-corrected chi connectivity index (χ2v) is 7.72. The van der Waals surface area contributed by atoms with Crippen LogP contribution < -0.4 is 0 Å². The van der Waals surface area contributed by atoms with Crippen molar-refractivity contribution in [2.45, 2.75) is 43.1 Å². The van der Waals surface area contributed by atoms with Crippen LogP contribution in [0.15, 0.2) is 30.3 Å². The van der Waals surface area contributed by atoms with Crippen molar-refractivity contribution in [1.29, 1.82) is 5.41 Å². The van der Waals surface area contributed by atoms with E-state index < -0.39 is 0 Å². The van der Waals surface area contributed by atoms with Gasteiger partial charge in [-0.25, -0.2) is 0 Å². The lowest BCUT2D eigenvalue weighted by Crippen LogP contribution is -2.37. The number of nitrogens with one attached hydrogen (secondary N) is 1. The van der Waals surface area contributed by atoms with Crippen LogP contribution in [0.1, 0.15) is 37.7 Å². The molecule has 0 amide bonds. The van der Waals surface area contributed by atoms with E-state index >= 15 is 0 Å². The Bertz CT molecular complexity index is 489. The highest BCUT2D eigenvalue weighted by Crippen LogP contribution is 2.54. The molecule has 1 aliphatic heterocycles. The average Bonchev–Trinajstić information content (AvgIpc) is 3.01. The maximum Gasteiger partial charge on any atom is 0.142 e. The van der Waals surface area contributed by atoms with E-state index in [1.165, 1.54) is 44.0 Å². The minimum atomic E-state index is -0.171. The van der Waals surface area contributed by atoms with Gasteiger partial charge >= 0.3 is 0 Å². The monoisotopic (exact) mass is 318 g/mol. The Labute approximate surface area is 137 Å². The van der Waals surface area contributed by atoms with Crippen LogP contribution in [-0.4, -0.2) is 36.7 Å². The Morgan fingerprint density at radius 1 is 1.27 bits per heavy atom. The van der Waals surface area contributed by atoms with Gasteiger partial charge in [-0.15, -0.1) is 11.8 Å². The van der Waals surface area contributed by atoms with Crippen molar-refractivity contribution in [2.75, 3.05) is 19.3 Å². The molecule has 1 aromatic rings. The van der Waals surface area contributed by atoms with Crippen LogP contribution in [0, 0.1) is 11.3 Å². The molecule has 0 unspecified atom stereocenters. The zero-order valence-corrected chi connectivity index (χ0v) is 14.1. The van der Waals surface area contributed by atoms with Gasteiger partial charge in [-0.2, -0.15) is 0 Å². The largest absolute Gasteiger partial charge is 0.364 e. The standard InChI is InChI=1S/C18H26N2OS/c1-20(14-19)12-17-13-22-18(21-17,15-8-4-2-5-9-15)16-10-6-3-7-11-16/h2,4-5,8-9,14,16-17,19H,3,6-7,10-13H2,1H3/t17-,18+/m1/s1. The lowest BCUT2D eigenvalue weighted by atomic mass is 9.82. The highest BCUT2D eigenvalue weighted by molar-refractivity contribution is 8.00. The van der Waals surface area contributed by atoms with Crippen LogP contribution in [0.5, 0.6) is 0 Å². The summed E-state index contributed by atoms with van der Waals surface area (Å²) >= 11 is 1.99. The van der Waals surface area contributed by atoms with E-state index in [4.69, 9.17) is 10.1 Å². The van der Waals surface area contributed by atoms with Gasteiger partial charge in [-0.05, 0) is 18.4 Å². The lowest BCUT2D eigenvalue weighted by Gasteiger charge is -2.39. The van der Waals surface area contributed by atoms with Crippen molar-refractivity contribution in [2.24, 2.45) is 5.92 Å². The predicted molar refractivity (Wildman–Crippen MR) is 93.4 cm³/mol. The molecular formula is C18H26N2OS. The average molecular weight is 318 g/mol. The van der Waals surface area contributed by atoms with Crippen molar-refractivity contribution in [1.82, 2.24) is 4.90 Å². The molecule has 0 aromatic heterocycles. The van der Waals surface area contributed by atoms with Gasteiger partial charge in [0.15, 0.2) is 0 Å². The summed E-state index contributed by atoms with van der Waals surface area (Å²) in [6.45, 7) is 0.803. The van der Waals surface area contributed by atoms with Gasteiger partial charge in [-0.3, -0.25) is 5.41 Å². The Balaban J connectivity index is 1.83. The van der Waals surface area contributed by atoms with E-state index in [2.05, 4.69) is 30.3 Å². The first-order chi connectivity index (χ1) is 10.7. The molecule has 1 N–H and O–H groups in total. The number of hydrogen-bond donors (Lipinski definition) is 1. The van der Waals surface area contributed by atoms with Crippen molar-refractivity contribution in [3.8, 4) is 0 Å². The second-order valence-electron chi connectivity index (χ2n) is 6.49. The van der Waals surface area contributed by atoms with Gasteiger partial charge in [0, 0.05) is 25.3 Å². The number of hydrogen-bond acceptors (Lipinski definition) is 3. The van der Waals surface area contributed by atoms with Crippen molar-refractivity contribution in [3.63, 3.8) is 0 Å². The Morgan fingerprint density at radius 2 is 2.00 bits per heavy atom. The molecule has 1 heterocycles. The van der Waals surface area contributed by atoms with Gasteiger partial charge in [0.1, 0.15) is 4.93 Å². The highest BCUT2D eigenvalue weighted by atomic mass is 32.2. The fraction of sp³-hybridized carbons (Fsp3) is 0.611. The van der Waals surface area contributed by atoms with Crippen LogP contribution >= 0.6 is 11.8 Å². The fourth-order valence-electron chi connectivity index (χ4n) is 3.75. The van der Waals surface area contributed by atoms with Gasteiger partial charge < -0.3 is 9.64 Å². The summed E-state index contributed by atoms with van der Waals surface area (Å²) in [5, 5.41) is 7.37. The zero-order valence-electron chi connectivity index (χ0n) is 13.3. The van der Waals surface area contributed by atoms with Crippen molar-refractivity contribution >= 4 is 18.1 Å². The Morgan fingerprint density at radius 3 is 2.68 bits per heavy atom. The minimum Gasteiger partial charge on any atom is -0.364 e.